The van der Waals surface area contributed by atoms with E-state index in [4.69, 9.17) is 14.2 Å². The predicted octanol–water partition coefficient (Wildman–Crippen LogP) is 6.29. The van der Waals surface area contributed by atoms with E-state index < -0.39 is 66.5 Å². The molecule has 1 heterocycles. The van der Waals surface area contributed by atoms with Gasteiger partial charge in [0, 0.05) is 24.2 Å². The molecule has 8 nitrogen and oxygen atoms in total. The third-order valence-electron chi connectivity index (χ3n) is 6.47. The minimum absolute atomic E-state index is 0.000979. The molecule has 40 heavy (non-hydrogen) atoms. The molecule has 2 amide bonds. The summed E-state index contributed by atoms with van der Waals surface area (Å²) < 4.78 is 96.2. The topological polar surface area (TPSA) is 88.5 Å². The van der Waals surface area contributed by atoms with E-state index in [1.165, 1.54) is 24.1 Å². The van der Waals surface area contributed by atoms with Gasteiger partial charge in [0.15, 0.2) is 0 Å². The average Bonchev–Trinajstić information content (AvgIpc) is 2.89. The maximum absolute atomic E-state index is 13.5. The van der Waals surface area contributed by atoms with Gasteiger partial charge in [-0.15, -0.1) is 0 Å². The standard InChI is InChI=1S/C26H28F6N2O6/c1-5-40-24(37)34-14(2)6-20(19-9-16(13-35)22(38-3)11-21(19)34)33(23(36)39-4)12-15-7-17(25(27,28)29)10-18(8-15)26(30,31)32/h7-11,14,20,35H,5-6,12-13H2,1-4H3/t14-,20+/m0/s1. The number of hydrogen-bond donors (Lipinski definition) is 1. The van der Waals surface area contributed by atoms with Gasteiger partial charge in [-0.1, -0.05) is 0 Å². The lowest BCUT2D eigenvalue weighted by atomic mass is 9.89. The van der Waals surface area contributed by atoms with E-state index in [2.05, 4.69) is 0 Å². The number of halogens is 6. The number of carbonyl (C=O) groups excluding carboxylic acids is 2. The Labute approximate surface area is 226 Å². The summed E-state index contributed by atoms with van der Waals surface area (Å²) in [5, 5.41) is 9.89. The Hall–Kier alpha value is -3.68. The zero-order valence-electron chi connectivity index (χ0n) is 22.0. The highest BCUT2D eigenvalue weighted by atomic mass is 19.4. The minimum atomic E-state index is -5.08. The highest BCUT2D eigenvalue weighted by Crippen LogP contribution is 2.45. The number of aliphatic hydroxyl groups is 1. The van der Waals surface area contributed by atoms with Crippen molar-refractivity contribution in [1.29, 1.82) is 0 Å². The molecule has 2 atom stereocenters. The van der Waals surface area contributed by atoms with Crippen molar-refractivity contribution in [2.75, 3.05) is 25.7 Å². The molecule has 1 aliphatic heterocycles. The van der Waals surface area contributed by atoms with E-state index in [1.54, 1.807) is 13.8 Å². The molecule has 0 spiro atoms. The van der Waals surface area contributed by atoms with Gasteiger partial charge >= 0.3 is 24.5 Å². The van der Waals surface area contributed by atoms with Gasteiger partial charge in [-0.25, -0.2) is 9.59 Å². The summed E-state index contributed by atoms with van der Waals surface area (Å²) in [6, 6.07) is 2.36. The number of rotatable bonds is 6. The highest BCUT2D eigenvalue weighted by molar-refractivity contribution is 5.91. The van der Waals surface area contributed by atoms with Crippen LogP contribution in [0.2, 0.25) is 0 Å². The van der Waals surface area contributed by atoms with Gasteiger partial charge < -0.3 is 19.3 Å². The third kappa shape index (κ3) is 6.37. The molecule has 0 aromatic heterocycles. The number of nitrogens with zero attached hydrogens (tertiary/aromatic N) is 2. The van der Waals surface area contributed by atoms with Crippen LogP contribution < -0.4 is 9.64 Å². The lowest BCUT2D eigenvalue weighted by Crippen LogP contribution is -2.47. The Bertz CT molecular complexity index is 1220. The highest BCUT2D eigenvalue weighted by Gasteiger charge is 2.41. The van der Waals surface area contributed by atoms with Crippen LogP contribution in [0.1, 0.15) is 54.1 Å². The van der Waals surface area contributed by atoms with Crippen molar-refractivity contribution in [1.82, 2.24) is 4.90 Å². The number of methoxy groups -OCH3 is 2. The number of amides is 2. The maximum Gasteiger partial charge on any atom is 0.416 e. The van der Waals surface area contributed by atoms with E-state index in [1.807, 2.05) is 0 Å². The number of anilines is 1. The predicted molar refractivity (Wildman–Crippen MR) is 130 cm³/mol. The molecule has 0 saturated carbocycles. The third-order valence-corrected chi connectivity index (χ3v) is 6.47. The molecule has 1 N–H and O–H groups in total. The van der Waals surface area contributed by atoms with Crippen LogP contribution in [-0.4, -0.2) is 49.1 Å². The summed E-state index contributed by atoms with van der Waals surface area (Å²) >= 11 is 0. The van der Waals surface area contributed by atoms with Gasteiger partial charge in [-0.3, -0.25) is 9.80 Å². The fraction of sp³-hybridized carbons (Fsp3) is 0.462. The molecule has 14 heteroatoms. The molecule has 2 aromatic carbocycles. The average molecular weight is 579 g/mol. The van der Waals surface area contributed by atoms with E-state index in [-0.39, 0.29) is 41.7 Å². The van der Waals surface area contributed by atoms with Gasteiger partial charge in [0.2, 0.25) is 0 Å². The molecule has 220 valence electrons. The number of benzene rings is 2. The molecule has 2 aromatic rings. The second-order valence-electron chi connectivity index (χ2n) is 9.06. The molecule has 0 unspecified atom stereocenters. The molecule has 1 aliphatic rings. The van der Waals surface area contributed by atoms with Crippen LogP contribution in [0.5, 0.6) is 5.75 Å². The first-order valence-electron chi connectivity index (χ1n) is 12.1. The molecule has 0 aliphatic carbocycles. The number of hydrogen-bond acceptors (Lipinski definition) is 6. The van der Waals surface area contributed by atoms with Gasteiger partial charge in [0.1, 0.15) is 5.75 Å². The van der Waals surface area contributed by atoms with Crippen molar-refractivity contribution in [3.63, 3.8) is 0 Å². The van der Waals surface area contributed by atoms with E-state index >= 15 is 0 Å². The summed E-state index contributed by atoms with van der Waals surface area (Å²) in [5.74, 6) is 0.209. The number of carbonyl (C=O) groups is 2. The molecular weight excluding hydrogens is 550 g/mol. The van der Waals surface area contributed by atoms with Gasteiger partial charge in [0.05, 0.1) is 50.3 Å². The van der Waals surface area contributed by atoms with E-state index in [0.29, 0.717) is 12.1 Å². The zero-order valence-corrected chi connectivity index (χ0v) is 22.0. The molecule has 0 bridgehead atoms. The van der Waals surface area contributed by atoms with Crippen LogP contribution >= 0.6 is 0 Å². The Morgan fingerprint density at radius 1 is 1.02 bits per heavy atom. The Morgan fingerprint density at radius 2 is 1.62 bits per heavy atom. The van der Waals surface area contributed by atoms with Crippen LogP contribution in [0.15, 0.2) is 30.3 Å². The van der Waals surface area contributed by atoms with Crippen molar-refractivity contribution in [2.24, 2.45) is 0 Å². The second kappa shape index (κ2) is 11.8. The van der Waals surface area contributed by atoms with E-state index in [9.17, 15) is 41.0 Å². The quantitative estimate of drug-likeness (QED) is 0.406. The van der Waals surface area contributed by atoms with Crippen LogP contribution in [0.4, 0.5) is 41.6 Å². The van der Waals surface area contributed by atoms with Crippen molar-refractivity contribution < 1.29 is 55.2 Å². The number of ether oxygens (including phenoxy) is 3. The first kappa shape index (κ1) is 30.9. The first-order chi connectivity index (χ1) is 18.7. The lowest BCUT2D eigenvalue weighted by molar-refractivity contribution is -0.143. The van der Waals surface area contributed by atoms with Crippen molar-refractivity contribution in [3.8, 4) is 5.75 Å². The summed E-state index contributed by atoms with van der Waals surface area (Å²) in [6.45, 7) is 2.11. The number of alkyl halides is 6. The molecular formula is C26H28F6N2O6. The SMILES string of the molecule is CCOC(=O)N1c2cc(OC)c(CO)cc2[C@H](N(Cc2cc(C(F)(F)F)cc(C(F)(F)F)c2)C(=O)OC)C[C@@H]1C. The summed E-state index contributed by atoms with van der Waals surface area (Å²) in [7, 11) is 2.36. The Morgan fingerprint density at radius 3 is 2.10 bits per heavy atom. The van der Waals surface area contributed by atoms with Crippen LogP contribution in [0.25, 0.3) is 0 Å². The maximum atomic E-state index is 13.5. The Kier molecular flexibility index (Phi) is 9.12. The van der Waals surface area contributed by atoms with Crippen LogP contribution in [0, 0.1) is 0 Å². The van der Waals surface area contributed by atoms with Gasteiger partial charge in [-0.2, -0.15) is 26.3 Å². The molecule has 0 saturated heterocycles. The normalized spacial score (nSPS) is 17.2. The second-order valence-corrected chi connectivity index (χ2v) is 9.06. The van der Waals surface area contributed by atoms with Crippen LogP contribution in [0.3, 0.4) is 0 Å². The monoisotopic (exact) mass is 578 g/mol. The molecule has 0 radical (unpaired) electrons. The zero-order chi connectivity index (χ0) is 30.0. The smallest absolute Gasteiger partial charge is 0.416 e. The van der Waals surface area contributed by atoms with Crippen molar-refractivity contribution in [2.45, 2.75) is 57.9 Å². The lowest BCUT2D eigenvalue weighted by Gasteiger charge is -2.43. The van der Waals surface area contributed by atoms with Crippen molar-refractivity contribution in [3.05, 3.63) is 58.1 Å². The summed E-state index contributed by atoms with van der Waals surface area (Å²) in [5.41, 5.74) is -2.71. The summed E-state index contributed by atoms with van der Waals surface area (Å²) in [6.07, 6.45) is -11.9. The van der Waals surface area contributed by atoms with Crippen LogP contribution in [-0.2, 0) is 35.0 Å². The largest absolute Gasteiger partial charge is 0.496 e. The first-order valence-corrected chi connectivity index (χ1v) is 12.1. The van der Waals surface area contributed by atoms with Gasteiger partial charge in [0.25, 0.3) is 0 Å². The summed E-state index contributed by atoms with van der Waals surface area (Å²) in [4.78, 5) is 28.1. The van der Waals surface area contributed by atoms with Gasteiger partial charge in [-0.05, 0) is 55.7 Å². The Balaban J connectivity index is 2.20. The minimum Gasteiger partial charge on any atom is -0.496 e. The van der Waals surface area contributed by atoms with E-state index in [0.717, 1.165) is 12.0 Å². The van der Waals surface area contributed by atoms with Crippen molar-refractivity contribution >= 4 is 17.9 Å². The fourth-order valence-electron chi connectivity index (χ4n) is 4.71. The number of aliphatic hydroxyl groups excluding tert-OH is 1. The fourth-order valence-corrected chi connectivity index (χ4v) is 4.71. The molecule has 3 rings (SSSR count). The molecule has 0 fully saturated rings. The number of fused-ring (bicyclic) bond motifs is 1.